The van der Waals surface area contributed by atoms with Crippen LogP contribution in [0.15, 0.2) is 18.2 Å². The second-order valence-corrected chi connectivity index (χ2v) is 10.2. The fourth-order valence-corrected chi connectivity index (χ4v) is 5.54. The van der Waals surface area contributed by atoms with Gasteiger partial charge in [0.2, 0.25) is 11.7 Å². The van der Waals surface area contributed by atoms with Gasteiger partial charge in [-0.3, -0.25) is 9.69 Å². The number of carbonyl (C=O) groups excluding carboxylic acids is 1. The molecule has 1 aliphatic carbocycles. The standard InChI is InChI=1S/C25H36N2O3/c1-18(2)15-27-16-20(7-9-24(27)28)19-6-8-23-21(14-19)17-29-25(30-23)10-12-26(13-11-25)22-4-3-5-22/h6,8,14,18,20,22H,3-5,7,9-13,15-17H2,1-2H3. The number of rotatable bonds is 4. The molecule has 0 bridgehead atoms. The highest BCUT2D eigenvalue weighted by Gasteiger charge is 2.43. The van der Waals surface area contributed by atoms with Gasteiger partial charge in [0.05, 0.1) is 6.61 Å². The van der Waals surface area contributed by atoms with Crippen molar-refractivity contribution < 1.29 is 14.3 Å². The summed E-state index contributed by atoms with van der Waals surface area (Å²) in [7, 11) is 0. The molecule has 3 fully saturated rings. The molecule has 5 nitrogen and oxygen atoms in total. The largest absolute Gasteiger partial charge is 0.462 e. The average molecular weight is 413 g/mol. The first-order chi connectivity index (χ1) is 14.5. The van der Waals surface area contributed by atoms with Crippen molar-refractivity contribution >= 4 is 5.91 Å². The highest BCUT2D eigenvalue weighted by molar-refractivity contribution is 5.77. The first-order valence-electron chi connectivity index (χ1n) is 12.0. The molecule has 1 aromatic carbocycles. The lowest BCUT2D eigenvalue weighted by Crippen LogP contribution is -2.54. The van der Waals surface area contributed by atoms with E-state index in [9.17, 15) is 4.79 Å². The van der Waals surface area contributed by atoms with E-state index < -0.39 is 5.79 Å². The third kappa shape index (κ3) is 3.99. The Morgan fingerprint density at radius 1 is 1.17 bits per heavy atom. The number of amides is 1. The molecule has 0 N–H and O–H groups in total. The van der Waals surface area contributed by atoms with Crippen molar-refractivity contribution in [2.45, 2.75) is 83.1 Å². The molecule has 5 rings (SSSR count). The molecule has 1 unspecified atom stereocenters. The van der Waals surface area contributed by atoms with Gasteiger partial charge < -0.3 is 14.4 Å². The highest BCUT2D eigenvalue weighted by atomic mass is 16.7. The predicted octanol–water partition coefficient (Wildman–Crippen LogP) is 4.30. The van der Waals surface area contributed by atoms with E-state index in [0.717, 1.165) is 62.8 Å². The monoisotopic (exact) mass is 412 g/mol. The molecule has 1 saturated carbocycles. The molecule has 3 heterocycles. The summed E-state index contributed by atoms with van der Waals surface area (Å²) >= 11 is 0. The molecule has 3 aliphatic heterocycles. The second-order valence-electron chi connectivity index (χ2n) is 10.2. The van der Waals surface area contributed by atoms with Gasteiger partial charge in [-0.15, -0.1) is 0 Å². The number of likely N-dealkylation sites (tertiary alicyclic amines) is 2. The maximum absolute atomic E-state index is 12.3. The lowest BCUT2D eigenvalue weighted by Gasteiger charge is -2.47. The minimum absolute atomic E-state index is 0.305. The molecular formula is C25H36N2O3. The molecule has 0 aromatic heterocycles. The summed E-state index contributed by atoms with van der Waals surface area (Å²) < 4.78 is 12.8. The van der Waals surface area contributed by atoms with Crippen LogP contribution < -0.4 is 4.74 Å². The molecule has 1 aromatic rings. The number of carbonyl (C=O) groups is 1. The predicted molar refractivity (Wildman–Crippen MR) is 116 cm³/mol. The summed E-state index contributed by atoms with van der Waals surface area (Å²) in [6.07, 6.45) is 7.62. The minimum atomic E-state index is -0.430. The molecule has 4 aliphatic rings. The molecular weight excluding hydrogens is 376 g/mol. The molecule has 1 amide bonds. The van der Waals surface area contributed by atoms with Crippen LogP contribution in [0.4, 0.5) is 0 Å². The van der Waals surface area contributed by atoms with Gasteiger partial charge in [0, 0.05) is 63.0 Å². The van der Waals surface area contributed by atoms with Crippen LogP contribution in [0.2, 0.25) is 0 Å². The number of benzene rings is 1. The fourth-order valence-electron chi connectivity index (χ4n) is 5.54. The smallest absolute Gasteiger partial charge is 0.222 e. The Bertz CT molecular complexity index is 781. The van der Waals surface area contributed by atoms with Gasteiger partial charge in [-0.1, -0.05) is 26.3 Å². The number of piperidine rings is 2. The summed E-state index contributed by atoms with van der Waals surface area (Å²) in [6, 6.07) is 7.43. The van der Waals surface area contributed by atoms with E-state index in [0.29, 0.717) is 30.8 Å². The van der Waals surface area contributed by atoms with E-state index in [1.807, 2.05) is 0 Å². The molecule has 2 saturated heterocycles. The van der Waals surface area contributed by atoms with E-state index in [4.69, 9.17) is 9.47 Å². The van der Waals surface area contributed by atoms with Crippen LogP contribution in [0.5, 0.6) is 5.75 Å². The van der Waals surface area contributed by atoms with Gasteiger partial charge in [-0.2, -0.15) is 0 Å². The number of ether oxygens (including phenoxy) is 2. The van der Waals surface area contributed by atoms with Crippen LogP contribution in [-0.4, -0.2) is 53.7 Å². The van der Waals surface area contributed by atoms with Crippen molar-refractivity contribution in [1.82, 2.24) is 9.80 Å². The number of hydrogen-bond acceptors (Lipinski definition) is 4. The zero-order chi connectivity index (χ0) is 20.7. The molecule has 1 spiro atoms. The Morgan fingerprint density at radius 2 is 1.97 bits per heavy atom. The van der Waals surface area contributed by atoms with E-state index in [2.05, 4.69) is 41.8 Å². The maximum Gasteiger partial charge on any atom is 0.222 e. The van der Waals surface area contributed by atoms with E-state index in [1.165, 1.54) is 24.8 Å². The average Bonchev–Trinajstić information content (AvgIpc) is 2.69. The van der Waals surface area contributed by atoms with Crippen LogP contribution in [0.25, 0.3) is 0 Å². The molecule has 5 heteroatoms. The molecule has 1 atom stereocenters. The van der Waals surface area contributed by atoms with Gasteiger partial charge in [-0.05, 0) is 42.9 Å². The van der Waals surface area contributed by atoms with Crippen LogP contribution in [0.3, 0.4) is 0 Å². The van der Waals surface area contributed by atoms with Crippen LogP contribution in [0, 0.1) is 5.92 Å². The highest BCUT2D eigenvalue weighted by Crippen LogP contribution is 2.40. The Kier molecular flexibility index (Phi) is 5.53. The van der Waals surface area contributed by atoms with Gasteiger partial charge in [0.25, 0.3) is 0 Å². The van der Waals surface area contributed by atoms with Crippen molar-refractivity contribution in [3.05, 3.63) is 29.3 Å². The number of hydrogen-bond donors (Lipinski definition) is 0. The Morgan fingerprint density at radius 3 is 2.67 bits per heavy atom. The summed E-state index contributed by atoms with van der Waals surface area (Å²) in [5.74, 6) is 1.78. The minimum Gasteiger partial charge on any atom is -0.462 e. The third-order valence-corrected chi connectivity index (χ3v) is 7.58. The van der Waals surface area contributed by atoms with E-state index >= 15 is 0 Å². The zero-order valence-electron chi connectivity index (χ0n) is 18.6. The van der Waals surface area contributed by atoms with Crippen LogP contribution in [0.1, 0.15) is 75.8 Å². The van der Waals surface area contributed by atoms with Crippen molar-refractivity contribution in [2.24, 2.45) is 5.92 Å². The second kappa shape index (κ2) is 8.16. The zero-order valence-corrected chi connectivity index (χ0v) is 18.6. The van der Waals surface area contributed by atoms with E-state index in [-0.39, 0.29) is 0 Å². The van der Waals surface area contributed by atoms with Gasteiger partial charge in [0.15, 0.2) is 0 Å². The Balaban J connectivity index is 1.24. The Hall–Kier alpha value is -1.59. The molecule has 164 valence electrons. The van der Waals surface area contributed by atoms with Crippen molar-refractivity contribution in [3.63, 3.8) is 0 Å². The lowest BCUT2D eigenvalue weighted by molar-refractivity contribution is -0.231. The van der Waals surface area contributed by atoms with Crippen molar-refractivity contribution in [1.29, 1.82) is 0 Å². The fraction of sp³-hybridized carbons (Fsp3) is 0.720. The van der Waals surface area contributed by atoms with Crippen molar-refractivity contribution in [2.75, 3.05) is 26.2 Å². The van der Waals surface area contributed by atoms with Gasteiger partial charge in [0.1, 0.15) is 5.75 Å². The lowest BCUT2D eigenvalue weighted by atomic mass is 9.88. The first-order valence-corrected chi connectivity index (χ1v) is 12.0. The SMILES string of the molecule is CC(C)CN1CC(c2ccc3c(c2)COC2(CCN(C4CCC4)CC2)O3)CCC1=O. The third-order valence-electron chi connectivity index (χ3n) is 7.58. The first kappa shape index (κ1) is 20.3. The van der Waals surface area contributed by atoms with Crippen LogP contribution >= 0.6 is 0 Å². The number of nitrogens with zero attached hydrogens (tertiary/aromatic N) is 2. The summed E-state index contributed by atoms with van der Waals surface area (Å²) in [5.41, 5.74) is 2.48. The van der Waals surface area contributed by atoms with Gasteiger partial charge in [-0.25, -0.2) is 0 Å². The molecule has 0 radical (unpaired) electrons. The summed E-state index contributed by atoms with van der Waals surface area (Å²) in [5, 5.41) is 0. The summed E-state index contributed by atoms with van der Waals surface area (Å²) in [6.45, 7) is 8.84. The normalized spacial score (nSPS) is 27.1. The topological polar surface area (TPSA) is 42.0 Å². The van der Waals surface area contributed by atoms with E-state index in [1.54, 1.807) is 0 Å². The quantitative estimate of drug-likeness (QED) is 0.739. The number of fused-ring (bicyclic) bond motifs is 1. The maximum atomic E-state index is 12.3. The van der Waals surface area contributed by atoms with Crippen LogP contribution in [-0.2, 0) is 16.1 Å². The summed E-state index contributed by atoms with van der Waals surface area (Å²) in [4.78, 5) is 17.0. The molecule has 30 heavy (non-hydrogen) atoms. The Labute approximate surface area is 180 Å². The van der Waals surface area contributed by atoms with Gasteiger partial charge >= 0.3 is 0 Å². The van der Waals surface area contributed by atoms with Crippen molar-refractivity contribution in [3.8, 4) is 5.75 Å².